The van der Waals surface area contributed by atoms with Crippen molar-refractivity contribution in [1.29, 1.82) is 0 Å². The van der Waals surface area contributed by atoms with Crippen LogP contribution in [-0.4, -0.2) is 43.2 Å². The van der Waals surface area contributed by atoms with Gasteiger partial charge in [-0.15, -0.1) is 12.4 Å². The fraction of sp³-hybridized carbons (Fsp3) is 0.636. The number of rotatable bonds is 7. The van der Waals surface area contributed by atoms with Crippen LogP contribution < -0.4 is 15.8 Å². The maximum absolute atomic E-state index is 11.8. The van der Waals surface area contributed by atoms with E-state index in [1.807, 2.05) is 0 Å². The van der Waals surface area contributed by atoms with Crippen molar-refractivity contribution in [1.82, 2.24) is 19.8 Å². The van der Waals surface area contributed by atoms with Crippen LogP contribution in [0.3, 0.4) is 0 Å². The first-order valence-corrected chi connectivity index (χ1v) is 7.87. The number of aryl methyl sites for hydroxylation is 1. The third-order valence-electron chi connectivity index (χ3n) is 3.18. The van der Waals surface area contributed by atoms with Gasteiger partial charge in [0.2, 0.25) is 15.9 Å². The fourth-order valence-electron chi connectivity index (χ4n) is 1.77. The number of nitrogens with zero attached hydrogens (tertiary/aromatic N) is 2. The third kappa shape index (κ3) is 5.27. The first-order valence-electron chi connectivity index (χ1n) is 6.39. The molecule has 1 saturated carbocycles. The van der Waals surface area contributed by atoms with Gasteiger partial charge >= 0.3 is 0 Å². The fourth-order valence-corrected chi connectivity index (χ4v) is 2.73. The summed E-state index contributed by atoms with van der Waals surface area (Å²) in [6, 6.07) is -0.0473. The van der Waals surface area contributed by atoms with Gasteiger partial charge in [0.15, 0.2) is 0 Å². The van der Waals surface area contributed by atoms with E-state index in [2.05, 4.69) is 15.1 Å². The largest absolute Gasteiger partial charge is 0.353 e. The zero-order valence-electron chi connectivity index (χ0n) is 11.7. The summed E-state index contributed by atoms with van der Waals surface area (Å²) >= 11 is 0. The molecule has 1 aromatic rings. The zero-order chi connectivity index (χ0) is 14.8. The molecular formula is C11H20ClN5O3S. The van der Waals surface area contributed by atoms with Gasteiger partial charge in [0.1, 0.15) is 4.90 Å². The molecule has 21 heavy (non-hydrogen) atoms. The SMILES string of the molecule is Cl.Cn1cc(S(=O)(=O)NCC(=O)NCC(N)C2CC2)cn1. The Labute approximate surface area is 129 Å². The first-order chi connectivity index (χ1) is 9.38. The molecule has 4 N–H and O–H groups in total. The monoisotopic (exact) mass is 337 g/mol. The van der Waals surface area contributed by atoms with Gasteiger partial charge in [0, 0.05) is 25.8 Å². The van der Waals surface area contributed by atoms with E-state index in [1.165, 1.54) is 17.1 Å². The lowest BCUT2D eigenvalue weighted by Crippen LogP contribution is -2.43. The van der Waals surface area contributed by atoms with Crippen LogP contribution in [0.15, 0.2) is 17.3 Å². The lowest BCUT2D eigenvalue weighted by atomic mass is 10.2. The number of aromatic nitrogens is 2. The molecule has 0 saturated heterocycles. The molecule has 1 aromatic heterocycles. The number of halogens is 1. The van der Waals surface area contributed by atoms with Gasteiger partial charge < -0.3 is 11.1 Å². The van der Waals surface area contributed by atoms with Gasteiger partial charge in [0.25, 0.3) is 0 Å². The van der Waals surface area contributed by atoms with Gasteiger partial charge in [0.05, 0.1) is 12.7 Å². The van der Waals surface area contributed by atoms with E-state index >= 15 is 0 Å². The number of nitrogens with one attached hydrogen (secondary N) is 2. The predicted octanol–water partition coefficient (Wildman–Crippen LogP) is -1.03. The molecule has 0 bridgehead atoms. The Morgan fingerprint density at radius 2 is 2.24 bits per heavy atom. The van der Waals surface area contributed by atoms with Crippen LogP contribution in [0.2, 0.25) is 0 Å². The summed E-state index contributed by atoms with van der Waals surface area (Å²) in [5.74, 6) is 0.0935. The minimum absolute atomic E-state index is 0. The van der Waals surface area contributed by atoms with Gasteiger partial charge in [-0.25, -0.2) is 13.1 Å². The van der Waals surface area contributed by atoms with Crippen molar-refractivity contribution in [2.75, 3.05) is 13.1 Å². The summed E-state index contributed by atoms with van der Waals surface area (Å²) in [5.41, 5.74) is 5.84. The highest BCUT2D eigenvalue weighted by molar-refractivity contribution is 7.89. The first kappa shape index (κ1) is 17.9. The molecule has 0 spiro atoms. The van der Waals surface area contributed by atoms with Crippen molar-refractivity contribution in [3.8, 4) is 0 Å². The molecule has 8 nitrogen and oxygen atoms in total. The van der Waals surface area contributed by atoms with Crippen molar-refractivity contribution in [3.63, 3.8) is 0 Å². The highest BCUT2D eigenvalue weighted by atomic mass is 35.5. The summed E-state index contributed by atoms with van der Waals surface area (Å²) in [7, 11) is -2.09. The Hall–Kier alpha value is -1.16. The number of sulfonamides is 1. The molecule has 1 heterocycles. The van der Waals surface area contributed by atoms with Crippen LogP contribution in [0.25, 0.3) is 0 Å². The minimum Gasteiger partial charge on any atom is -0.353 e. The molecule has 1 aliphatic rings. The van der Waals surface area contributed by atoms with Crippen LogP contribution in [0.5, 0.6) is 0 Å². The van der Waals surface area contributed by atoms with Crippen LogP contribution in [0.1, 0.15) is 12.8 Å². The Morgan fingerprint density at radius 3 is 2.76 bits per heavy atom. The van der Waals surface area contributed by atoms with E-state index in [1.54, 1.807) is 7.05 Å². The predicted molar refractivity (Wildman–Crippen MR) is 79.4 cm³/mol. The van der Waals surface area contributed by atoms with Crippen molar-refractivity contribution < 1.29 is 13.2 Å². The van der Waals surface area contributed by atoms with E-state index in [4.69, 9.17) is 5.73 Å². The summed E-state index contributed by atoms with van der Waals surface area (Å²) in [4.78, 5) is 11.6. The average Bonchev–Trinajstić information content (AvgIpc) is 3.15. The van der Waals surface area contributed by atoms with E-state index < -0.39 is 15.9 Å². The molecule has 120 valence electrons. The zero-order valence-corrected chi connectivity index (χ0v) is 13.3. The van der Waals surface area contributed by atoms with E-state index in [0.717, 1.165) is 12.8 Å². The normalized spacial score (nSPS) is 16.1. The molecule has 1 fully saturated rings. The number of amides is 1. The summed E-state index contributed by atoms with van der Waals surface area (Å²) in [5, 5.41) is 6.40. The van der Waals surface area contributed by atoms with Gasteiger partial charge in [-0.1, -0.05) is 0 Å². The number of hydrogen-bond acceptors (Lipinski definition) is 5. The van der Waals surface area contributed by atoms with Crippen LogP contribution >= 0.6 is 12.4 Å². The molecule has 0 radical (unpaired) electrons. The second kappa shape index (κ2) is 7.21. The van der Waals surface area contributed by atoms with Gasteiger partial charge in [-0.2, -0.15) is 5.10 Å². The van der Waals surface area contributed by atoms with E-state index in [9.17, 15) is 13.2 Å². The lowest BCUT2D eigenvalue weighted by molar-refractivity contribution is -0.120. The molecule has 1 unspecified atom stereocenters. The molecule has 0 aliphatic heterocycles. The summed E-state index contributed by atoms with van der Waals surface area (Å²) < 4.78 is 27.3. The Morgan fingerprint density at radius 1 is 1.57 bits per heavy atom. The molecular weight excluding hydrogens is 318 g/mol. The second-order valence-electron chi connectivity index (χ2n) is 4.98. The Bertz CT molecular complexity index is 584. The van der Waals surface area contributed by atoms with Crippen LogP contribution in [0, 0.1) is 5.92 Å². The molecule has 2 rings (SSSR count). The highest BCUT2D eigenvalue weighted by Gasteiger charge is 2.28. The standard InChI is InChI=1S/C11H19N5O3S.ClH/c1-16-7-9(4-14-16)20(18,19)15-6-11(17)13-5-10(12)8-2-3-8;/h4,7-8,10,15H,2-3,5-6,12H2,1H3,(H,13,17);1H. The molecule has 1 atom stereocenters. The van der Waals surface area contributed by atoms with Crippen molar-refractivity contribution >= 4 is 28.3 Å². The maximum atomic E-state index is 11.8. The third-order valence-corrected chi connectivity index (χ3v) is 4.53. The molecule has 1 aliphatic carbocycles. The Kier molecular flexibility index (Phi) is 6.14. The summed E-state index contributed by atoms with van der Waals surface area (Å²) in [6.45, 7) is 0.0622. The smallest absolute Gasteiger partial charge is 0.244 e. The number of carbonyl (C=O) groups excluding carboxylic acids is 1. The number of nitrogens with two attached hydrogens (primary N) is 1. The van der Waals surface area contributed by atoms with Gasteiger partial charge in [-0.3, -0.25) is 9.48 Å². The number of carbonyl (C=O) groups is 1. The van der Waals surface area contributed by atoms with E-state index in [0.29, 0.717) is 12.5 Å². The Balaban J connectivity index is 0.00000220. The molecule has 10 heteroatoms. The topological polar surface area (TPSA) is 119 Å². The van der Waals surface area contributed by atoms with E-state index in [-0.39, 0.29) is 29.9 Å². The maximum Gasteiger partial charge on any atom is 0.244 e. The minimum atomic E-state index is -3.70. The lowest BCUT2D eigenvalue weighted by Gasteiger charge is -2.11. The average molecular weight is 338 g/mol. The second-order valence-corrected chi connectivity index (χ2v) is 6.75. The number of hydrogen-bond donors (Lipinski definition) is 3. The quantitative estimate of drug-likeness (QED) is 0.588. The molecule has 1 amide bonds. The van der Waals surface area contributed by atoms with Crippen molar-refractivity contribution in [2.24, 2.45) is 18.7 Å². The summed E-state index contributed by atoms with van der Waals surface area (Å²) in [6.07, 6.45) is 4.79. The van der Waals surface area contributed by atoms with Crippen LogP contribution in [-0.2, 0) is 21.9 Å². The van der Waals surface area contributed by atoms with Crippen molar-refractivity contribution in [2.45, 2.75) is 23.8 Å². The highest BCUT2D eigenvalue weighted by Crippen LogP contribution is 2.31. The van der Waals surface area contributed by atoms with Gasteiger partial charge in [-0.05, 0) is 18.8 Å². The molecule has 0 aromatic carbocycles. The van der Waals surface area contributed by atoms with Crippen LogP contribution in [0.4, 0.5) is 0 Å². The van der Waals surface area contributed by atoms with Crippen molar-refractivity contribution in [3.05, 3.63) is 12.4 Å².